The molecule has 110 valence electrons. The number of hydrogen-bond acceptors (Lipinski definition) is 1. The van der Waals surface area contributed by atoms with E-state index >= 15 is 0 Å². The number of hydrogen-bond donors (Lipinski definition) is 1. The molecule has 0 saturated heterocycles. The molecule has 0 aliphatic heterocycles. The van der Waals surface area contributed by atoms with Crippen LogP contribution in [0.3, 0.4) is 0 Å². The number of carbonyl (C=O) groups is 1. The molecule has 0 atom stereocenters. The van der Waals surface area contributed by atoms with E-state index < -0.39 is 0 Å². The van der Waals surface area contributed by atoms with E-state index in [4.69, 9.17) is 0 Å². The van der Waals surface area contributed by atoms with Crippen molar-refractivity contribution in [1.82, 2.24) is 5.32 Å². The van der Waals surface area contributed by atoms with E-state index in [-0.39, 0.29) is 5.91 Å². The van der Waals surface area contributed by atoms with Gasteiger partial charge in [0.15, 0.2) is 0 Å². The van der Waals surface area contributed by atoms with Gasteiger partial charge in [-0.05, 0) is 41.8 Å². The zero-order valence-corrected chi connectivity index (χ0v) is 12.9. The highest BCUT2D eigenvalue weighted by atomic mass is 16.1. The maximum atomic E-state index is 12.4. The van der Waals surface area contributed by atoms with E-state index in [2.05, 4.69) is 29.6 Å². The standard InChI is InChI=1S/C20H19NO/c1-14-10-11-18(15(2)12-14)20(22)21-13-17-8-5-7-16-6-3-4-9-19(16)17/h3-12H,13H2,1-2H3,(H,21,22). The number of aryl methyl sites for hydroxylation is 2. The second-order valence-corrected chi connectivity index (χ2v) is 5.64. The fraction of sp³-hybridized carbons (Fsp3) is 0.150. The van der Waals surface area contributed by atoms with Gasteiger partial charge in [0.25, 0.3) is 5.91 Å². The predicted octanol–water partition coefficient (Wildman–Crippen LogP) is 4.39. The molecule has 0 unspecified atom stereocenters. The molecule has 3 rings (SSSR count). The summed E-state index contributed by atoms with van der Waals surface area (Å²) in [7, 11) is 0. The Morgan fingerprint density at radius 1 is 0.955 bits per heavy atom. The number of rotatable bonds is 3. The molecular formula is C20H19NO. The Hall–Kier alpha value is -2.61. The number of carbonyl (C=O) groups excluding carboxylic acids is 1. The predicted molar refractivity (Wildman–Crippen MR) is 91.0 cm³/mol. The molecule has 0 bridgehead atoms. The summed E-state index contributed by atoms with van der Waals surface area (Å²) in [6.07, 6.45) is 0. The summed E-state index contributed by atoms with van der Waals surface area (Å²) in [5.41, 5.74) is 4.06. The van der Waals surface area contributed by atoms with Gasteiger partial charge in [-0.15, -0.1) is 0 Å². The normalized spacial score (nSPS) is 10.6. The van der Waals surface area contributed by atoms with Crippen LogP contribution in [-0.4, -0.2) is 5.91 Å². The summed E-state index contributed by atoms with van der Waals surface area (Å²) in [5.74, 6) is -0.0227. The molecule has 2 nitrogen and oxygen atoms in total. The van der Waals surface area contributed by atoms with Crippen LogP contribution in [0.4, 0.5) is 0 Å². The molecule has 0 aliphatic rings. The van der Waals surface area contributed by atoms with Gasteiger partial charge in [-0.2, -0.15) is 0 Å². The molecule has 0 aromatic heterocycles. The monoisotopic (exact) mass is 289 g/mol. The van der Waals surface area contributed by atoms with Crippen LogP contribution in [0.1, 0.15) is 27.0 Å². The first-order valence-corrected chi connectivity index (χ1v) is 7.47. The van der Waals surface area contributed by atoms with Crippen molar-refractivity contribution in [2.45, 2.75) is 20.4 Å². The van der Waals surface area contributed by atoms with Crippen molar-refractivity contribution in [2.24, 2.45) is 0 Å². The van der Waals surface area contributed by atoms with Gasteiger partial charge in [0, 0.05) is 12.1 Å². The molecule has 0 heterocycles. The minimum Gasteiger partial charge on any atom is -0.348 e. The Morgan fingerprint density at radius 2 is 1.73 bits per heavy atom. The summed E-state index contributed by atoms with van der Waals surface area (Å²) < 4.78 is 0. The number of amides is 1. The third-order valence-electron chi connectivity index (χ3n) is 3.95. The Balaban J connectivity index is 1.80. The molecule has 3 aromatic carbocycles. The lowest BCUT2D eigenvalue weighted by atomic mass is 10.0. The fourth-order valence-corrected chi connectivity index (χ4v) is 2.79. The molecular weight excluding hydrogens is 270 g/mol. The van der Waals surface area contributed by atoms with Crippen LogP contribution in [0.25, 0.3) is 10.8 Å². The molecule has 0 saturated carbocycles. The highest BCUT2D eigenvalue weighted by Gasteiger charge is 2.09. The Morgan fingerprint density at radius 3 is 2.55 bits per heavy atom. The van der Waals surface area contributed by atoms with Crippen LogP contribution in [0.5, 0.6) is 0 Å². The van der Waals surface area contributed by atoms with Gasteiger partial charge in [0.1, 0.15) is 0 Å². The number of nitrogens with one attached hydrogen (secondary N) is 1. The van der Waals surface area contributed by atoms with Crippen LogP contribution in [0.15, 0.2) is 60.7 Å². The van der Waals surface area contributed by atoms with Gasteiger partial charge in [0.2, 0.25) is 0 Å². The van der Waals surface area contributed by atoms with E-state index in [0.29, 0.717) is 6.54 Å². The Labute approximate surface area is 130 Å². The average molecular weight is 289 g/mol. The minimum atomic E-state index is -0.0227. The van der Waals surface area contributed by atoms with E-state index in [1.165, 1.54) is 16.3 Å². The Kier molecular flexibility index (Phi) is 3.92. The van der Waals surface area contributed by atoms with Crippen LogP contribution < -0.4 is 5.32 Å². The molecule has 0 aliphatic carbocycles. The van der Waals surface area contributed by atoms with Crippen molar-refractivity contribution < 1.29 is 4.79 Å². The average Bonchev–Trinajstić information content (AvgIpc) is 2.52. The quantitative estimate of drug-likeness (QED) is 0.761. The zero-order chi connectivity index (χ0) is 15.5. The molecule has 0 fully saturated rings. The summed E-state index contributed by atoms with van der Waals surface area (Å²) in [6.45, 7) is 4.54. The van der Waals surface area contributed by atoms with E-state index in [1.54, 1.807) is 0 Å². The lowest BCUT2D eigenvalue weighted by Crippen LogP contribution is -2.23. The van der Waals surface area contributed by atoms with Gasteiger partial charge in [-0.3, -0.25) is 4.79 Å². The van der Waals surface area contributed by atoms with Crippen molar-refractivity contribution in [3.8, 4) is 0 Å². The van der Waals surface area contributed by atoms with E-state index in [0.717, 1.165) is 16.7 Å². The lowest BCUT2D eigenvalue weighted by molar-refractivity contribution is 0.0950. The third kappa shape index (κ3) is 2.86. The second-order valence-electron chi connectivity index (χ2n) is 5.64. The molecule has 2 heteroatoms. The lowest BCUT2D eigenvalue weighted by Gasteiger charge is -2.10. The summed E-state index contributed by atoms with van der Waals surface area (Å²) in [6, 6.07) is 20.3. The first kappa shape index (κ1) is 14.3. The first-order chi connectivity index (χ1) is 10.6. The van der Waals surface area contributed by atoms with Crippen molar-refractivity contribution in [3.63, 3.8) is 0 Å². The molecule has 3 aromatic rings. The van der Waals surface area contributed by atoms with Gasteiger partial charge >= 0.3 is 0 Å². The minimum absolute atomic E-state index is 0.0227. The number of fused-ring (bicyclic) bond motifs is 1. The van der Waals surface area contributed by atoms with Crippen LogP contribution >= 0.6 is 0 Å². The van der Waals surface area contributed by atoms with Gasteiger partial charge < -0.3 is 5.32 Å². The topological polar surface area (TPSA) is 29.1 Å². The van der Waals surface area contributed by atoms with Crippen molar-refractivity contribution in [1.29, 1.82) is 0 Å². The summed E-state index contributed by atoms with van der Waals surface area (Å²) in [5, 5.41) is 5.41. The largest absolute Gasteiger partial charge is 0.348 e. The fourth-order valence-electron chi connectivity index (χ4n) is 2.79. The van der Waals surface area contributed by atoms with Gasteiger partial charge in [-0.25, -0.2) is 0 Å². The van der Waals surface area contributed by atoms with Crippen LogP contribution in [-0.2, 0) is 6.54 Å². The smallest absolute Gasteiger partial charge is 0.251 e. The highest BCUT2D eigenvalue weighted by Crippen LogP contribution is 2.18. The van der Waals surface area contributed by atoms with Gasteiger partial charge in [0.05, 0.1) is 0 Å². The van der Waals surface area contributed by atoms with Crippen molar-refractivity contribution in [2.75, 3.05) is 0 Å². The molecule has 1 N–H and O–H groups in total. The SMILES string of the molecule is Cc1ccc(C(=O)NCc2cccc3ccccc23)c(C)c1. The van der Waals surface area contributed by atoms with Crippen molar-refractivity contribution >= 4 is 16.7 Å². The Bertz CT molecular complexity index is 831. The van der Waals surface area contributed by atoms with Gasteiger partial charge in [-0.1, -0.05) is 60.2 Å². The summed E-state index contributed by atoms with van der Waals surface area (Å²) in [4.78, 5) is 12.4. The highest BCUT2D eigenvalue weighted by molar-refractivity contribution is 5.96. The maximum Gasteiger partial charge on any atom is 0.251 e. The van der Waals surface area contributed by atoms with Crippen LogP contribution in [0, 0.1) is 13.8 Å². The summed E-state index contributed by atoms with van der Waals surface area (Å²) >= 11 is 0. The zero-order valence-electron chi connectivity index (χ0n) is 12.9. The van der Waals surface area contributed by atoms with Crippen molar-refractivity contribution in [3.05, 3.63) is 82.9 Å². The number of benzene rings is 3. The molecule has 1 amide bonds. The van der Waals surface area contributed by atoms with E-state index in [1.807, 2.05) is 50.2 Å². The molecule has 0 spiro atoms. The third-order valence-corrected chi connectivity index (χ3v) is 3.95. The molecule has 0 radical (unpaired) electrons. The molecule has 22 heavy (non-hydrogen) atoms. The second kappa shape index (κ2) is 6.02. The van der Waals surface area contributed by atoms with E-state index in [9.17, 15) is 4.79 Å². The van der Waals surface area contributed by atoms with Crippen LogP contribution in [0.2, 0.25) is 0 Å². The maximum absolute atomic E-state index is 12.4. The first-order valence-electron chi connectivity index (χ1n) is 7.47.